The molecule has 0 aromatic carbocycles. The molecule has 1 aliphatic carbocycles. The Morgan fingerprint density at radius 1 is 1.09 bits per heavy atom. The lowest BCUT2D eigenvalue weighted by Crippen LogP contribution is -2.30. The molecule has 0 unspecified atom stereocenters. The zero-order valence-electron chi connectivity index (χ0n) is 7.11. The van der Waals surface area contributed by atoms with Gasteiger partial charge < -0.3 is 5.32 Å². The summed E-state index contributed by atoms with van der Waals surface area (Å²) in [6.07, 6.45) is 7.88. The van der Waals surface area contributed by atoms with Gasteiger partial charge in [-0.15, -0.1) is 0 Å². The first-order valence-electron chi connectivity index (χ1n) is 4.73. The van der Waals surface area contributed by atoms with E-state index in [9.17, 15) is 4.39 Å². The largest absolute Gasteiger partial charge is 0.311 e. The van der Waals surface area contributed by atoms with Crippen LogP contribution < -0.4 is 5.32 Å². The number of nitrogens with one attached hydrogen (secondary N) is 1. The summed E-state index contributed by atoms with van der Waals surface area (Å²) in [4.78, 5) is 0. The van der Waals surface area contributed by atoms with E-state index in [1.54, 1.807) is 0 Å². The van der Waals surface area contributed by atoms with Crippen molar-refractivity contribution in [3.63, 3.8) is 0 Å². The van der Waals surface area contributed by atoms with Gasteiger partial charge in [0.05, 0.1) is 0 Å². The summed E-state index contributed by atoms with van der Waals surface area (Å²) in [5, 5.41) is 3.24. The predicted octanol–water partition coefficient (Wildman–Crippen LogP) is 2.27. The van der Waals surface area contributed by atoms with Crippen LogP contribution in [0, 0.1) is 0 Å². The van der Waals surface area contributed by atoms with Crippen LogP contribution >= 0.6 is 0 Å². The van der Waals surface area contributed by atoms with E-state index in [0.717, 1.165) is 0 Å². The molecule has 11 heavy (non-hydrogen) atoms. The number of alkyl halides is 1. The highest BCUT2D eigenvalue weighted by molar-refractivity contribution is 4.69. The number of hydrogen-bond donors (Lipinski definition) is 1. The predicted molar refractivity (Wildman–Crippen MR) is 45.5 cm³/mol. The van der Waals surface area contributed by atoms with Crippen molar-refractivity contribution >= 4 is 0 Å². The molecule has 0 aromatic heterocycles. The van der Waals surface area contributed by atoms with Gasteiger partial charge in [0.2, 0.25) is 0 Å². The van der Waals surface area contributed by atoms with E-state index in [1.165, 1.54) is 38.5 Å². The molecule has 2 heteroatoms. The maximum absolute atomic E-state index is 11.8. The van der Waals surface area contributed by atoms with Gasteiger partial charge in [-0.2, -0.15) is 0 Å². The van der Waals surface area contributed by atoms with E-state index in [0.29, 0.717) is 12.6 Å². The maximum atomic E-state index is 11.8. The van der Waals surface area contributed by atoms with Crippen molar-refractivity contribution in [2.45, 2.75) is 44.6 Å². The van der Waals surface area contributed by atoms with Crippen LogP contribution in [0.25, 0.3) is 0 Å². The molecule has 1 fully saturated rings. The average Bonchev–Trinajstić information content (AvgIpc) is 2.28. The zero-order chi connectivity index (χ0) is 7.94. The van der Waals surface area contributed by atoms with E-state index >= 15 is 0 Å². The minimum Gasteiger partial charge on any atom is -0.311 e. The smallest absolute Gasteiger partial charge is 0.102 e. The molecule has 0 aromatic rings. The normalized spacial score (nSPS) is 21.5. The zero-order valence-corrected chi connectivity index (χ0v) is 7.11. The van der Waals surface area contributed by atoms with Crippen molar-refractivity contribution in [2.75, 3.05) is 13.2 Å². The monoisotopic (exact) mass is 159 g/mol. The Morgan fingerprint density at radius 3 is 2.27 bits per heavy atom. The summed E-state index contributed by atoms with van der Waals surface area (Å²) in [6, 6.07) is 0.605. The molecule has 0 radical (unpaired) electrons. The fraction of sp³-hybridized carbons (Fsp3) is 1.00. The molecule has 1 N–H and O–H groups in total. The van der Waals surface area contributed by atoms with Crippen molar-refractivity contribution in [1.29, 1.82) is 0 Å². The van der Waals surface area contributed by atoms with Crippen molar-refractivity contribution in [1.82, 2.24) is 5.32 Å². The van der Waals surface area contributed by atoms with Crippen LogP contribution in [0.1, 0.15) is 38.5 Å². The molecule has 1 rings (SSSR count). The van der Waals surface area contributed by atoms with Crippen molar-refractivity contribution < 1.29 is 4.39 Å². The third kappa shape index (κ3) is 3.71. The second-order valence-electron chi connectivity index (χ2n) is 3.33. The van der Waals surface area contributed by atoms with Crippen LogP contribution in [0.4, 0.5) is 4.39 Å². The molecule has 1 aliphatic rings. The fourth-order valence-electron chi connectivity index (χ4n) is 1.74. The van der Waals surface area contributed by atoms with E-state index in [2.05, 4.69) is 5.32 Å². The Hall–Kier alpha value is -0.110. The molecule has 0 spiro atoms. The van der Waals surface area contributed by atoms with Crippen LogP contribution in [0.3, 0.4) is 0 Å². The van der Waals surface area contributed by atoms with Crippen LogP contribution in [-0.2, 0) is 0 Å². The van der Waals surface area contributed by atoms with Gasteiger partial charge >= 0.3 is 0 Å². The molecule has 1 nitrogen and oxygen atoms in total. The summed E-state index contributed by atoms with van der Waals surface area (Å²) >= 11 is 0. The van der Waals surface area contributed by atoms with E-state index in [-0.39, 0.29) is 6.67 Å². The molecule has 0 heterocycles. The highest BCUT2D eigenvalue weighted by Gasteiger charge is 2.10. The van der Waals surface area contributed by atoms with Crippen LogP contribution in [0.2, 0.25) is 0 Å². The molecule has 1 saturated carbocycles. The van der Waals surface area contributed by atoms with Crippen LogP contribution in [0.5, 0.6) is 0 Å². The van der Waals surface area contributed by atoms with Gasteiger partial charge in [0.1, 0.15) is 6.67 Å². The molecule has 66 valence electrons. The second-order valence-corrected chi connectivity index (χ2v) is 3.33. The van der Waals surface area contributed by atoms with E-state index < -0.39 is 0 Å². The SMILES string of the molecule is FCCNC1CCCCCC1. The third-order valence-corrected chi connectivity index (χ3v) is 2.38. The van der Waals surface area contributed by atoms with Gasteiger partial charge in [-0.25, -0.2) is 4.39 Å². The lowest BCUT2D eigenvalue weighted by atomic mass is 10.1. The Labute approximate surface area is 68.4 Å². The first-order valence-corrected chi connectivity index (χ1v) is 4.73. The van der Waals surface area contributed by atoms with Gasteiger partial charge in [0, 0.05) is 12.6 Å². The summed E-state index contributed by atoms with van der Waals surface area (Å²) in [7, 11) is 0. The summed E-state index contributed by atoms with van der Waals surface area (Å²) in [5.41, 5.74) is 0. The molecule has 0 bridgehead atoms. The Balaban J connectivity index is 2.09. The van der Waals surface area contributed by atoms with Crippen molar-refractivity contribution in [3.8, 4) is 0 Å². The van der Waals surface area contributed by atoms with Crippen molar-refractivity contribution in [3.05, 3.63) is 0 Å². The number of halogens is 1. The lowest BCUT2D eigenvalue weighted by Gasteiger charge is -2.14. The summed E-state index contributed by atoms with van der Waals surface area (Å²) in [6.45, 7) is 0.321. The quantitative estimate of drug-likeness (QED) is 0.623. The minimum atomic E-state index is -0.226. The van der Waals surface area contributed by atoms with E-state index in [4.69, 9.17) is 0 Å². The van der Waals surface area contributed by atoms with Crippen LogP contribution in [0.15, 0.2) is 0 Å². The first kappa shape index (κ1) is 8.98. The Kier molecular flexibility index (Phi) is 4.51. The van der Waals surface area contributed by atoms with Gasteiger partial charge in [-0.1, -0.05) is 25.7 Å². The van der Waals surface area contributed by atoms with Crippen molar-refractivity contribution in [2.24, 2.45) is 0 Å². The van der Waals surface area contributed by atoms with Gasteiger partial charge in [-0.3, -0.25) is 0 Å². The second kappa shape index (κ2) is 5.53. The Morgan fingerprint density at radius 2 is 1.73 bits per heavy atom. The third-order valence-electron chi connectivity index (χ3n) is 2.38. The fourth-order valence-corrected chi connectivity index (χ4v) is 1.74. The number of rotatable bonds is 3. The minimum absolute atomic E-state index is 0.226. The summed E-state index contributed by atoms with van der Waals surface area (Å²) in [5.74, 6) is 0. The average molecular weight is 159 g/mol. The lowest BCUT2D eigenvalue weighted by molar-refractivity contribution is 0.406. The molecule has 0 saturated heterocycles. The van der Waals surface area contributed by atoms with E-state index in [1.807, 2.05) is 0 Å². The maximum Gasteiger partial charge on any atom is 0.102 e. The molecule has 0 aliphatic heterocycles. The van der Waals surface area contributed by atoms with Crippen LogP contribution in [-0.4, -0.2) is 19.3 Å². The number of hydrogen-bond acceptors (Lipinski definition) is 1. The standard InChI is InChI=1S/C9H18FN/c10-7-8-11-9-5-3-1-2-4-6-9/h9,11H,1-8H2. The first-order chi connectivity index (χ1) is 5.43. The molecule has 0 amide bonds. The Bertz CT molecular complexity index is 87.6. The van der Waals surface area contributed by atoms with Gasteiger partial charge in [-0.05, 0) is 12.8 Å². The topological polar surface area (TPSA) is 12.0 Å². The molecular weight excluding hydrogens is 141 g/mol. The highest BCUT2D eigenvalue weighted by atomic mass is 19.1. The summed E-state index contributed by atoms with van der Waals surface area (Å²) < 4.78 is 11.8. The van der Waals surface area contributed by atoms with Gasteiger partial charge in [0.15, 0.2) is 0 Å². The molecule has 0 atom stereocenters. The highest BCUT2D eigenvalue weighted by Crippen LogP contribution is 2.16. The molecular formula is C9H18FN. The van der Waals surface area contributed by atoms with Gasteiger partial charge in [0.25, 0.3) is 0 Å².